The van der Waals surface area contributed by atoms with Gasteiger partial charge in [-0.15, -0.1) is 22.7 Å². The predicted molar refractivity (Wildman–Crippen MR) is 58.3 cm³/mol. The first kappa shape index (κ1) is 8.47. The van der Waals surface area contributed by atoms with E-state index in [-0.39, 0.29) is 0 Å². The fourth-order valence-electron chi connectivity index (χ4n) is 0.912. The van der Waals surface area contributed by atoms with Crippen molar-refractivity contribution < 1.29 is 0 Å². The SMILES string of the molecule is c1cc2sccc2s1.c1cn[nH]c1. The Balaban J connectivity index is 0.000000113. The predicted octanol–water partition coefficient (Wildman–Crippen LogP) is 3.37. The van der Waals surface area contributed by atoms with Crippen molar-refractivity contribution in [2.24, 2.45) is 0 Å². The highest BCUT2D eigenvalue weighted by Gasteiger charge is 1.90. The van der Waals surface area contributed by atoms with Crippen LogP contribution in [-0.2, 0) is 0 Å². The molecule has 3 aromatic rings. The van der Waals surface area contributed by atoms with Gasteiger partial charge >= 0.3 is 0 Å². The van der Waals surface area contributed by atoms with Crippen molar-refractivity contribution in [3.63, 3.8) is 0 Å². The molecular weight excluding hydrogens is 200 g/mol. The Morgan fingerprint density at radius 3 is 2.15 bits per heavy atom. The molecule has 0 amide bonds. The van der Waals surface area contributed by atoms with Crippen LogP contribution in [0.4, 0.5) is 0 Å². The van der Waals surface area contributed by atoms with Crippen LogP contribution in [0.1, 0.15) is 0 Å². The Kier molecular flexibility index (Phi) is 2.74. The Hall–Kier alpha value is -1.13. The highest BCUT2D eigenvalue weighted by Crippen LogP contribution is 2.25. The van der Waals surface area contributed by atoms with Crippen LogP contribution < -0.4 is 0 Å². The third kappa shape index (κ3) is 2.17. The molecule has 3 rings (SSSR count). The third-order valence-corrected chi connectivity index (χ3v) is 3.37. The number of hydrogen-bond donors (Lipinski definition) is 1. The van der Waals surface area contributed by atoms with Gasteiger partial charge in [0.25, 0.3) is 0 Å². The van der Waals surface area contributed by atoms with Crippen molar-refractivity contribution in [1.82, 2.24) is 10.2 Å². The summed E-state index contributed by atoms with van der Waals surface area (Å²) < 4.78 is 2.82. The summed E-state index contributed by atoms with van der Waals surface area (Å²) in [5.41, 5.74) is 0. The van der Waals surface area contributed by atoms with Crippen LogP contribution in [0, 0.1) is 0 Å². The molecule has 0 saturated carbocycles. The molecule has 0 aliphatic rings. The summed E-state index contributed by atoms with van der Waals surface area (Å²) in [7, 11) is 0. The number of aromatic nitrogens is 2. The second-order valence-electron chi connectivity index (χ2n) is 2.34. The van der Waals surface area contributed by atoms with Crippen LogP contribution >= 0.6 is 22.7 Å². The van der Waals surface area contributed by atoms with Crippen LogP contribution in [0.2, 0.25) is 0 Å². The molecule has 3 heterocycles. The monoisotopic (exact) mass is 208 g/mol. The zero-order valence-corrected chi connectivity index (χ0v) is 8.44. The number of nitrogens with one attached hydrogen (secondary N) is 1. The van der Waals surface area contributed by atoms with E-state index in [0.717, 1.165) is 0 Å². The molecule has 1 N–H and O–H groups in total. The summed E-state index contributed by atoms with van der Waals surface area (Å²) >= 11 is 3.61. The molecule has 13 heavy (non-hydrogen) atoms. The number of thiophene rings is 2. The van der Waals surface area contributed by atoms with E-state index in [2.05, 4.69) is 33.1 Å². The highest BCUT2D eigenvalue weighted by atomic mass is 32.1. The quantitative estimate of drug-likeness (QED) is 0.603. The molecule has 0 atom stereocenters. The van der Waals surface area contributed by atoms with Gasteiger partial charge in [-0.2, -0.15) is 5.10 Å². The molecule has 2 nitrogen and oxygen atoms in total. The maximum Gasteiger partial charge on any atom is 0.0487 e. The zero-order chi connectivity index (χ0) is 8.93. The first-order valence-corrected chi connectivity index (χ1v) is 5.57. The molecule has 3 aromatic heterocycles. The summed E-state index contributed by atoms with van der Waals surface area (Å²) in [5.74, 6) is 0. The van der Waals surface area contributed by atoms with E-state index < -0.39 is 0 Å². The minimum atomic E-state index is 1.41. The molecule has 0 fully saturated rings. The average molecular weight is 208 g/mol. The third-order valence-electron chi connectivity index (χ3n) is 1.48. The lowest BCUT2D eigenvalue weighted by atomic mass is 10.5. The number of aromatic amines is 1. The molecule has 66 valence electrons. The van der Waals surface area contributed by atoms with Gasteiger partial charge in [-0.1, -0.05) is 0 Å². The molecule has 0 aliphatic carbocycles. The Bertz CT molecular complexity index is 370. The van der Waals surface area contributed by atoms with Gasteiger partial charge < -0.3 is 0 Å². The zero-order valence-electron chi connectivity index (χ0n) is 6.81. The van der Waals surface area contributed by atoms with Gasteiger partial charge in [-0.3, -0.25) is 5.10 Å². The summed E-state index contributed by atoms with van der Waals surface area (Å²) in [6.45, 7) is 0. The van der Waals surface area contributed by atoms with Gasteiger partial charge in [0, 0.05) is 21.8 Å². The van der Waals surface area contributed by atoms with E-state index in [1.807, 2.05) is 6.07 Å². The van der Waals surface area contributed by atoms with Gasteiger partial charge in [0.2, 0.25) is 0 Å². The van der Waals surface area contributed by atoms with Crippen molar-refractivity contribution in [3.05, 3.63) is 41.4 Å². The maximum absolute atomic E-state index is 3.60. The molecule has 0 saturated heterocycles. The minimum Gasteiger partial charge on any atom is -0.286 e. The number of rotatable bonds is 0. The smallest absolute Gasteiger partial charge is 0.0487 e. The van der Waals surface area contributed by atoms with Crippen molar-refractivity contribution in [3.8, 4) is 0 Å². The molecule has 0 aliphatic heterocycles. The van der Waals surface area contributed by atoms with Gasteiger partial charge in [-0.05, 0) is 29.0 Å². The number of H-pyrrole nitrogens is 1. The lowest BCUT2D eigenvalue weighted by Gasteiger charge is -1.63. The molecule has 4 heteroatoms. The Labute approximate surface area is 83.9 Å². The topological polar surface area (TPSA) is 28.7 Å². The van der Waals surface area contributed by atoms with E-state index in [1.165, 1.54) is 9.40 Å². The molecule has 0 unspecified atom stereocenters. The van der Waals surface area contributed by atoms with Gasteiger partial charge in [0.05, 0.1) is 0 Å². The van der Waals surface area contributed by atoms with Gasteiger partial charge in [-0.25, -0.2) is 0 Å². The van der Waals surface area contributed by atoms with Crippen LogP contribution in [0.25, 0.3) is 9.40 Å². The van der Waals surface area contributed by atoms with E-state index >= 15 is 0 Å². The van der Waals surface area contributed by atoms with Crippen LogP contribution in [-0.4, -0.2) is 10.2 Å². The Morgan fingerprint density at radius 2 is 1.77 bits per heavy atom. The molecular formula is C9H8N2S2. The van der Waals surface area contributed by atoms with E-state index in [0.29, 0.717) is 0 Å². The fourth-order valence-corrected chi connectivity index (χ4v) is 2.74. The summed E-state index contributed by atoms with van der Waals surface area (Å²) in [5, 5.41) is 10.5. The van der Waals surface area contributed by atoms with Crippen LogP contribution in [0.3, 0.4) is 0 Å². The molecule has 0 aromatic carbocycles. The average Bonchev–Trinajstić information content (AvgIpc) is 2.84. The van der Waals surface area contributed by atoms with Crippen LogP contribution in [0.5, 0.6) is 0 Å². The fraction of sp³-hybridized carbons (Fsp3) is 0. The molecule has 0 radical (unpaired) electrons. The van der Waals surface area contributed by atoms with E-state index in [1.54, 1.807) is 35.1 Å². The lowest BCUT2D eigenvalue weighted by Crippen LogP contribution is -1.53. The summed E-state index contributed by atoms with van der Waals surface area (Å²) in [6, 6.07) is 6.15. The summed E-state index contributed by atoms with van der Waals surface area (Å²) in [4.78, 5) is 0. The van der Waals surface area contributed by atoms with Crippen molar-refractivity contribution in [2.45, 2.75) is 0 Å². The number of nitrogens with zero attached hydrogens (tertiary/aromatic N) is 1. The maximum atomic E-state index is 3.60. The molecule has 0 spiro atoms. The second kappa shape index (κ2) is 4.20. The van der Waals surface area contributed by atoms with Crippen LogP contribution in [0.15, 0.2) is 41.4 Å². The standard InChI is InChI=1S/C6H4S2.C3H4N2/c1-3-7-6-2-4-8-5(1)6;1-2-4-5-3-1/h1-4H;1-3H,(H,4,5). The number of hydrogen-bond acceptors (Lipinski definition) is 3. The van der Waals surface area contributed by atoms with E-state index in [4.69, 9.17) is 0 Å². The first-order chi connectivity index (χ1) is 6.47. The van der Waals surface area contributed by atoms with Gasteiger partial charge in [0.1, 0.15) is 0 Å². The lowest BCUT2D eigenvalue weighted by molar-refractivity contribution is 1.09. The number of fused-ring (bicyclic) bond motifs is 1. The largest absolute Gasteiger partial charge is 0.286 e. The second-order valence-corrected chi connectivity index (χ2v) is 4.23. The Morgan fingerprint density at radius 1 is 1.08 bits per heavy atom. The normalized spacial score (nSPS) is 9.54. The first-order valence-electron chi connectivity index (χ1n) is 3.81. The molecule has 0 bridgehead atoms. The summed E-state index contributed by atoms with van der Waals surface area (Å²) in [6.07, 6.45) is 3.46. The van der Waals surface area contributed by atoms with Crippen molar-refractivity contribution >= 4 is 32.1 Å². The van der Waals surface area contributed by atoms with Crippen molar-refractivity contribution in [1.29, 1.82) is 0 Å². The highest BCUT2D eigenvalue weighted by molar-refractivity contribution is 7.25. The van der Waals surface area contributed by atoms with E-state index in [9.17, 15) is 0 Å². The minimum absolute atomic E-state index is 1.41. The van der Waals surface area contributed by atoms with Gasteiger partial charge in [0.15, 0.2) is 0 Å². The van der Waals surface area contributed by atoms with Crippen molar-refractivity contribution in [2.75, 3.05) is 0 Å².